The number of rotatable bonds is 5. The largest absolute Gasteiger partial charge is 0.493 e. The highest BCUT2D eigenvalue weighted by Crippen LogP contribution is 2.24. The van der Waals surface area contributed by atoms with Crippen molar-refractivity contribution in [1.82, 2.24) is 5.32 Å². The van der Waals surface area contributed by atoms with Crippen molar-refractivity contribution in [2.45, 2.75) is 19.9 Å². The van der Waals surface area contributed by atoms with E-state index in [0.717, 1.165) is 17.9 Å². The van der Waals surface area contributed by atoms with Crippen LogP contribution in [-0.4, -0.2) is 13.2 Å². The molecule has 1 unspecified atom stereocenters. The number of terminal acetylenes is 1. The van der Waals surface area contributed by atoms with Gasteiger partial charge < -0.3 is 10.1 Å². The van der Waals surface area contributed by atoms with Crippen molar-refractivity contribution in [1.29, 1.82) is 0 Å². The standard InChI is InChI=1S/C13H17NO/c1-4-12(14-5-2)11-9-7-8-10-13(11)15-6-3/h1,7-10,12,14H,5-6H2,2-3H3. The second-order valence-electron chi connectivity index (χ2n) is 3.13. The monoisotopic (exact) mass is 203 g/mol. The number of hydrogen-bond acceptors (Lipinski definition) is 2. The van der Waals surface area contributed by atoms with Crippen LogP contribution in [0.1, 0.15) is 25.5 Å². The summed E-state index contributed by atoms with van der Waals surface area (Å²) >= 11 is 0. The lowest BCUT2D eigenvalue weighted by atomic mass is 10.1. The maximum atomic E-state index is 5.53. The van der Waals surface area contributed by atoms with Crippen LogP contribution in [-0.2, 0) is 0 Å². The van der Waals surface area contributed by atoms with E-state index in [2.05, 4.69) is 11.2 Å². The molecule has 80 valence electrons. The van der Waals surface area contributed by atoms with Crippen LogP contribution in [0.5, 0.6) is 5.75 Å². The molecule has 2 heteroatoms. The Morgan fingerprint density at radius 2 is 2.13 bits per heavy atom. The first-order valence-electron chi connectivity index (χ1n) is 5.24. The number of nitrogens with one attached hydrogen (secondary N) is 1. The average molecular weight is 203 g/mol. The predicted octanol–water partition coefficient (Wildman–Crippen LogP) is 2.37. The Morgan fingerprint density at radius 1 is 1.40 bits per heavy atom. The van der Waals surface area contributed by atoms with Crippen LogP contribution in [0, 0.1) is 12.3 Å². The average Bonchev–Trinajstić information content (AvgIpc) is 2.27. The van der Waals surface area contributed by atoms with E-state index in [1.807, 2.05) is 38.1 Å². The lowest BCUT2D eigenvalue weighted by Crippen LogP contribution is -2.19. The van der Waals surface area contributed by atoms with Gasteiger partial charge in [0.15, 0.2) is 0 Å². The lowest BCUT2D eigenvalue weighted by molar-refractivity contribution is 0.334. The first kappa shape index (κ1) is 11.6. The number of hydrogen-bond donors (Lipinski definition) is 1. The second kappa shape index (κ2) is 6.10. The van der Waals surface area contributed by atoms with E-state index < -0.39 is 0 Å². The normalized spacial score (nSPS) is 11.8. The van der Waals surface area contributed by atoms with Crippen LogP contribution >= 0.6 is 0 Å². The van der Waals surface area contributed by atoms with Crippen LogP contribution in [0.25, 0.3) is 0 Å². The van der Waals surface area contributed by atoms with Crippen molar-refractivity contribution in [2.75, 3.05) is 13.2 Å². The van der Waals surface area contributed by atoms with Gasteiger partial charge in [0.05, 0.1) is 12.6 Å². The van der Waals surface area contributed by atoms with Gasteiger partial charge in [-0.2, -0.15) is 0 Å². The number of para-hydroxylation sites is 1. The molecule has 1 aromatic rings. The zero-order valence-electron chi connectivity index (χ0n) is 9.29. The minimum absolute atomic E-state index is 0.0715. The smallest absolute Gasteiger partial charge is 0.125 e. The molecule has 0 fully saturated rings. The molecule has 1 aromatic carbocycles. The van der Waals surface area contributed by atoms with Gasteiger partial charge in [-0.3, -0.25) is 0 Å². The Balaban J connectivity index is 2.95. The summed E-state index contributed by atoms with van der Waals surface area (Å²) in [4.78, 5) is 0. The van der Waals surface area contributed by atoms with Gasteiger partial charge in [-0.1, -0.05) is 31.0 Å². The van der Waals surface area contributed by atoms with E-state index in [0.29, 0.717) is 6.61 Å². The summed E-state index contributed by atoms with van der Waals surface area (Å²) in [7, 11) is 0. The first-order valence-corrected chi connectivity index (χ1v) is 5.24. The molecule has 0 heterocycles. The second-order valence-corrected chi connectivity index (χ2v) is 3.13. The van der Waals surface area contributed by atoms with E-state index in [9.17, 15) is 0 Å². The van der Waals surface area contributed by atoms with Gasteiger partial charge in [0.25, 0.3) is 0 Å². The molecule has 0 aliphatic heterocycles. The molecule has 2 nitrogen and oxygen atoms in total. The van der Waals surface area contributed by atoms with Gasteiger partial charge in [-0.25, -0.2) is 0 Å². The van der Waals surface area contributed by atoms with Gasteiger partial charge in [-0.15, -0.1) is 6.42 Å². The molecule has 1 rings (SSSR count). The Labute approximate surface area is 91.6 Å². The van der Waals surface area contributed by atoms with Crippen LogP contribution in [0.4, 0.5) is 0 Å². The minimum atomic E-state index is -0.0715. The molecule has 0 radical (unpaired) electrons. The fourth-order valence-electron chi connectivity index (χ4n) is 1.47. The van der Waals surface area contributed by atoms with E-state index in [1.54, 1.807) is 0 Å². The molecule has 0 spiro atoms. The third kappa shape index (κ3) is 3.00. The molecule has 0 aliphatic rings. The van der Waals surface area contributed by atoms with Crippen molar-refractivity contribution >= 4 is 0 Å². The van der Waals surface area contributed by atoms with Crippen LogP contribution < -0.4 is 10.1 Å². The molecule has 0 aliphatic carbocycles. The van der Waals surface area contributed by atoms with Crippen molar-refractivity contribution in [3.8, 4) is 18.1 Å². The Bertz CT molecular complexity index is 341. The topological polar surface area (TPSA) is 21.3 Å². The van der Waals surface area contributed by atoms with Gasteiger partial charge in [0.2, 0.25) is 0 Å². The van der Waals surface area contributed by atoms with Gasteiger partial charge >= 0.3 is 0 Å². The van der Waals surface area contributed by atoms with Crippen molar-refractivity contribution in [3.05, 3.63) is 29.8 Å². The Morgan fingerprint density at radius 3 is 2.73 bits per heavy atom. The third-order valence-electron chi connectivity index (χ3n) is 2.10. The summed E-state index contributed by atoms with van der Waals surface area (Å²) in [5.41, 5.74) is 1.03. The zero-order chi connectivity index (χ0) is 11.1. The summed E-state index contributed by atoms with van der Waals surface area (Å²) < 4.78 is 5.53. The maximum absolute atomic E-state index is 5.53. The highest BCUT2D eigenvalue weighted by atomic mass is 16.5. The first-order chi connectivity index (χ1) is 7.33. The summed E-state index contributed by atoms with van der Waals surface area (Å²) in [6.45, 7) is 5.50. The van der Waals surface area contributed by atoms with Crippen molar-refractivity contribution in [3.63, 3.8) is 0 Å². The van der Waals surface area contributed by atoms with Gasteiger partial charge in [0.1, 0.15) is 5.75 Å². The van der Waals surface area contributed by atoms with Crippen LogP contribution in [0.15, 0.2) is 24.3 Å². The van der Waals surface area contributed by atoms with E-state index >= 15 is 0 Å². The van der Waals surface area contributed by atoms with Crippen molar-refractivity contribution in [2.24, 2.45) is 0 Å². The van der Waals surface area contributed by atoms with Gasteiger partial charge in [0, 0.05) is 5.56 Å². The lowest BCUT2D eigenvalue weighted by Gasteiger charge is -2.16. The molecular weight excluding hydrogens is 186 g/mol. The molecule has 0 amide bonds. The molecule has 0 bridgehead atoms. The van der Waals surface area contributed by atoms with E-state index in [1.165, 1.54) is 0 Å². The summed E-state index contributed by atoms with van der Waals surface area (Å²) in [6, 6.07) is 7.80. The summed E-state index contributed by atoms with van der Waals surface area (Å²) in [5, 5.41) is 3.23. The molecule has 15 heavy (non-hydrogen) atoms. The van der Waals surface area contributed by atoms with Crippen LogP contribution in [0.2, 0.25) is 0 Å². The molecular formula is C13H17NO. The van der Waals surface area contributed by atoms with Crippen LogP contribution in [0.3, 0.4) is 0 Å². The molecule has 0 saturated heterocycles. The Kier molecular flexibility index (Phi) is 4.73. The molecule has 0 aromatic heterocycles. The third-order valence-corrected chi connectivity index (χ3v) is 2.10. The number of benzene rings is 1. The number of ether oxygens (including phenoxy) is 1. The zero-order valence-corrected chi connectivity index (χ0v) is 9.29. The van der Waals surface area contributed by atoms with E-state index in [-0.39, 0.29) is 6.04 Å². The molecule has 0 saturated carbocycles. The van der Waals surface area contributed by atoms with Crippen molar-refractivity contribution < 1.29 is 4.74 Å². The molecule has 1 atom stereocenters. The quantitative estimate of drug-likeness (QED) is 0.742. The highest BCUT2D eigenvalue weighted by Gasteiger charge is 2.11. The van der Waals surface area contributed by atoms with E-state index in [4.69, 9.17) is 11.2 Å². The Hall–Kier alpha value is -1.46. The minimum Gasteiger partial charge on any atom is -0.493 e. The predicted molar refractivity (Wildman–Crippen MR) is 62.9 cm³/mol. The summed E-state index contributed by atoms with van der Waals surface area (Å²) in [5.74, 6) is 3.59. The molecule has 1 N–H and O–H groups in total. The maximum Gasteiger partial charge on any atom is 0.125 e. The fourth-order valence-corrected chi connectivity index (χ4v) is 1.47. The van der Waals surface area contributed by atoms with Gasteiger partial charge in [-0.05, 0) is 19.5 Å². The SMILES string of the molecule is C#CC(NCC)c1ccccc1OCC. The highest BCUT2D eigenvalue weighted by molar-refractivity contribution is 5.39. The summed E-state index contributed by atoms with van der Waals surface area (Å²) in [6.07, 6.45) is 5.49. The fraction of sp³-hybridized carbons (Fsp3) is 0.385.